The zero-order chi connectivity index (χ0) is 12.3. The number of para-hydroxylation sites is 1. The molecule has 1 aromatic rings. The maximum atomic E-state index is 5.83. The molecule has 0 aliphatic carbocycles. The van der Waals surface area contributed by atoms with E-state index in [9.17, 15) is 0 Å². The molecule has 2 rings (SSSR count). The molecular weight excluding hydrogens is 250 g/mol. The van der Waals surface area contributed by atoms with Gasteiger partial charge in [-0.15, -0.1) is 12.4 Å². The Hall–Kier alpha value is -0.770. The summed E-state index contributed by atoms with van der Waals surface area (Å²) >= 11 is 0. The van der Waals surface area contributed by atoms with Gasteiger partial charge in [0.05, 0.1) is 13.7 Å². The molecule has 1 aliphatic heterocycles. The summed E-state index contributed by atoms with van der Waals surface area (Å²) in [4.78, 5) is 0. The van der Waals surface area contributed by atoms with E-state index in [1.54, 1.807) is 7.11 Å². The fourth-order valence-corrected chi connectivity index (χ4v) is 2.03. The van der Waals surface area contributed by atoms with Gasteiger partial charge in [-0.25, -0.2) is 0 Å². The summed E-state index contributed by atoms with van der Waals surface area (Å²) in [6.45, 7) is 6.21. The number of benzene rings is 1. The van der Waals surface area contributed by atoms with Crippen LogP contribution in [0.5, 0.6) is 5.75 Å². The predicted octanol–water partition coefficient (Wildman–Crippen LogP) is 2.63. The van der Waals surface area contributed by atoms with Crippen LogP contribution in [-0.2, 0) is 11.2 Å². The third-order valence-electron chi connectivity index (χ3n) is 3.08. The molecule has 1 aromatic carbocycles. The number of hydrogen-bond donors (Lipinski definition) is 1. The molecule has 1 atom stereocenters. The van der Waals surface area contributed by atoms with Crippen molar-refractivity contribution in [1.29, 1.82) is 0 Å². The predicted molar refractivity (Wildman–Crippen MR) is 75.5 cm³/mol. The highest BCUT2D eigenvalue weighted by Crippen LogP contribution is 2.23. The van der Waals surface area contributed by atoms with Crippen LogP contribution in [0.2, 0.25) is 0 Å². The first-order valence-electron chi connectivity index (χ1n) is 6.08. The Labute approximate surface area is 115 Å². The molecule has 1 N–H and O–H groups in total. The van der Waals surface area contributed by atoms with Crippen LogP contribution in [0.3, 0.4) is 0 Å². The highest BCUT2D eigenvalue weighted by atomic mass is 35.5. The van der Waals surface area contributed by atoms with E-state index in [2.05, 4.69) is 25.2 Å². The molecule has 18 heavy (non-hydrogen) atoms. The van der Waals surface area contributed by atoms with Gasteiger partial charge in [0.2, 0.25) is 0 Å². The van der Waals surface area contributed by atoms with Gasteiger partial charge in [-0.1, -0.05) is 32.0 Å². The molecule has 0 aromatic heterocycles. The van der Waals surface area contributed by atoms with Crippen LogP contribution in [0.25, 0.3) is 0 Å². The summed E-state index contributed by atoms with van der Waals surface area (Å²) in [7, 11) is 1.71. The normalized spacial score (nSPS) is 22.1. The first-order valence-corrected chi connectivity index (χ1v) is 6.08. The van der Waals surface area contributed by atoms with Crippen molar-refractivity contribution in [3.63, 3.8) is 0 Å². The lowest BCUT2D eigenvalue weighted by atomic mass is 9.93. The second-order valence-electron chi connectivity index (χ2n) is 5.36. The number of nitrogens with one attached hydrogen (secondary N) is 1. The van der Waals surface area contributed by atoms with Crippen molar-refractivity contribution in [2.45, 2.75) is 26.5 Å². The van der Waals surface area contributed by atoms with Crippen molar-refractivity contribution >= 4 is 12.4 Å². The van der Waals surface area contributed by atoms with Crippen LogP contribution in [0.4, 0.5) is 0 Å². The van der Waals surface area contributed by atoms with E-state index in [0.717, 1.165) is 25.3 Å². The number of hydrogen-bond acceptors (Lipinski definition) is 3. The van der Waals surface area contributed by atoms with Crippen LogP contribution >= 0.6 is 12.4 Å². The molecule has 1 saturated heterocycles. The van der Waals surface area contributed by atoms with Gasteiger partial charge >= 0.3 is 0 Å². The molecule has 0 spiro atoms. The smallest absolute Gasteiger partial charge is 0.122 e. The number of ether oxygens (including phenoxy) is 2. The first-order chi connectivity index (χ1) is 8.11. The maximum Gasteiger partial charge on any atom is 0.122 e. The molecule has 1 fully saturated rings. The van der Waals surface area contributed by atoms with E-state index < -0.39 is 0 Å². The van der Waals surface area contributed by atoms with Crippen molar-refractivity contribution in [3.05, 3.63) is 29.8 Å². The second-order valence-corrected chi connectivity index (χ2v) is 5.36. The molecule has 0 bridgehead atoms. The van der Waals surface area contributed by atoms with E-state index in [4.69, 9.17) is 9.47 Å². The standard InChI is InChI=1S/C14H21NO2.ClH/c1-14(2)9-15-13(17-10-14)8-11-6-4-5-7-12(11)16-3;/h4-7,13,15H,8-10H2,1-3H3;1H. The van der Waals surface area contributed by atoms with Crippen LogP contribution in [0.15, 0.2) is 24.3 Å². The summed E-state index contributed by atoms with van der Waals surface area (Å²) in [5.74, 6) is 0.933. The lowest BCUT2D eigenvalue weighted by molar-refractivity contribution is -0.0568. The van der Waals surface area contributed by atoms with Crippen LogP contribution in [-0.4, -0.2) is 26.5 Å². The Morgan fingerprint density at radius 2 is 2.11 bits per heavy atom. The first kappa shape index (κ1) is 15.3. The number of methoxy groups -OCH3 is 1. The molecule has 1 heterocycles. The molecular formula is C14H22ClNO2. The number of rotatable bonds is 3. The van der Waals surface area contributed by atoms with Gasteiger partial charge in [-0.2, -0.15) is 0 Å². The summed E-state index contributed by atoms with van der Waals surface area (Å²) < 4.78 is 11.2. The molecule has 0 radical (unpaired) electrons. The lowest BCUT2D eigenvalue weighted by Crippen LogP contribution is -2.48. The van der Waals surface area contributed by atoms with Crippen LogP contribution in [0, 0.1) is 5.41 Å². The highest BCUT2D eigenvalue weighted by Gasteiger charge is 2.27. The van der Waals surface area contributed by atoms with Gasteiger partial charge < -0.3 is 9.47 Å². The molecule has 1 aliphatic rings. The Balaban J connectivity index is 0.00000162. The van der Waals surface area contributed by atoms with Crippen molar-refractivity contribution in [3.8, 4) is 5.75 Å². The fourth-order valence-electron chi connectivity index (χ4n) is 2.03. The largest absolute Gasteiger partial charge is 0.496 e. The topological polar surface area (TPSA) is 30.5 Å². The Kier molecular flexibility index (Phi) is 5.45. The number of halogens is 1. The monoisotopic (exact) mass is 271 g/mol. The van der Waals surface area contributed by atoms with Crippen molar-refractivity contribution in [1.82, 2.24) is 5.32 Å². The minimum Gasteiger partial charge on any atom is -0.496 e. The van der Waals surface area contributed by atoms with Gasteiger partial charge in [0.1, 0.15) is 12.0 Å². The zero-order valence-electron chi connectivity index (χ0n) is 11.2. The Morgan fingerprint density at radius 3 is 2.72 bits per heavy atom. The molecule has 0 saturated carbocycles. The average Bonchev–Trinajstić information content (AvgIpc) is 2.32. The van der Waals surface area contributed by atoms with Gasteiger partial charge in [0, 0.05) is 18.4 Å². The van der Waals surface area contributed by atoms with E-state index in [-0.39, 0.29) is 24.0 Å². The third kappa shape index (κ3) is 3.87. The summed E-state index contributed by atoms with van der Waals surface area (Å²) in [6, 6.07) is 8.09. The Morgan fingerprint density at radius 1 is 1.39 bits per heavy atom. The minimum atomic E-state index is 0. The van der Waals surface area contributed by atoms with E-state index in [1.165, 1.54) is 5.56 Å². The third-order valence-corrected chi connectivity index (χ3v) is 3.08. The van der Waals surface area contributed by atoms with Crippen molar-refractivity contribution < 1.29 is 9.47 Å². The van der Waals surface area contributed by atoms with Gasteiger partial charge in [-0.05, 0) is 11.6 Å². The van der Waals surface area contributed by atoms with Crippen molar-refractivity contribution in [2.24, 2.45) is 5.41 Å². The molecule has 1 unspecified atom stereocenters. The minimum absolute atomic E-state index is 0. The quantitative estimate of drug-likeness (QED) is 0.917. The van der Waals surface area contributed by atoms with Crippen LogP contribution < -0.4 is 10.1 Å². The Bertz CT molecular complexity index is 372. The molecule has 3 nitrogen and oxygen atoms in total. The van der Waals surface area contributed by atoms with Gasteiger partial charge in [0.15, 0.2) is 0 Å². The summed E-state index contributed by atoms with van der Waals surface area (Å²) in [5.41, 5.74) is 1.42. The van der Waals surface area contributed by atoms with E-state index >= 15 is 0 Å². The van der Waals surface area contributed by atoms with E-state index in [0.29, 0.717) is 0 Å². The SMILES string of the molecule is COc1ccccc1CC1NCC(C)(C)CO1.Cl. The summed E-state index contributed by atoms with van der Waals surface area (Å²) in [6.07, 6.45) is 0.944. The van der Waals surface area contributed by atoms with Gasteiger partial charge in [-0.3, -0.25) is 5.32 Å². The highest BCUT2D eigenvalue weighted by molar-refractivity contribution is 5.85. The van der Waals surface area contributed by atoms with Crippen molar-refractivity contribution in [2.75, 3.05) is 20.3 Å². The lowest BCUT2D eigenvalue weighted by Gasteiger charge is -2.35. The summed E-state index contributed by atoms with van der Waals surface area (Å²) in [5, 5.41) is 3.43. The molecule has 0 amide bonds. The van der Waals surface area contributed by atoms with Gasteiger partial charge in [0.25, 0.3) is 0 Å². The fraction of sp³-hybridized carbons (Fsp3) is 0.571. The molecule has 4 heteroatoms. The molecule has 102 valence electrons. The second kappa shape index (κ2) is 6.41. The van der Waals surface area contributed by atoms with Crippen LogP contribution in [0.1, 0.15) is 19.4 Å². The average molecular weight is 272 g/mol. The zero-order valence-corrected chi connectivity index (χ0v) is 12.0. The maximum absolute atomic E-state index is 5.83. The van der Waals surface area contributed by atoms with E-state index in [1.807, 2.05) is 18.2 Å².